The Bertz CT molecular complexity index is 627. The van der Waals surface area contributed by atoms with E-state index in [-0.39, 0.29) is 0 Å². The summed E-state index contributed by atoms with van der Waals surface area (Å²) >= 11 is 0. The van der Waals surface area contributed by atoms with E-state index in [0.717, 1.165) is 48.5 Å². The number of carbonyl (C=O) groups excluding carboxylic acids is 1. The molecule has 0 amide bonds. The van der Waals surface area contributed by atoms with Crippen LogP contribution in [0, 0.1) is 0 Å². The highest BCUT2D eigenvalue weighted by molar-refractivity contribution is 5.89. The van der Waals surface area contributed by atoms with Crippen LogP contribution in [0.3, 0.4) is 0 Å². The molecule has 0 saturated carbocycles. The van der Waals surface area contributed by atoms with Crippen molar-refractivity contribution < 1.29 is 31.1 Å². The van der Waals surface area contributed by atoms with E-state index in [4.69, 9.17) is 0 Å². The molecule has 0 aliphatic carbocycles. The number of hydrogen-bond acceptors (Lipinski definition) is 1. The quantitative estimate of drug-likeness (QED) is 0.686. The highest BCUT2D eigenvalue weighted by Gasteiger charge is 2.55. The van der Waals surface area contributed by atoms with Crippen molar-refractivity contribution in [3.63, 3.8) is 0 Å². The molecule has 0 N–H and O–H groups in total. The van der Waals surface area contributed by atoms with Gasteiger partial charge in [-0.15, -0.1) is 0 Å². The molecule has 2 aromatic carbocycles. The third-order valence-corrected chi connectivity index (χ3v) is 3.45. The Morgan fingerprint density at radius 3 is 1.25 bits per heavy atom. The highest BCUT2D eigenvalue weighted by Crippen LogP contribution is 2.39. The summed E-state index contributed by atoms with van der Waals surface area (Å²) in [6, 6.07) is 10.7. The fourth-order valence-electron chi connectivity index (χ4n) is 2.10. The molecule has 2 rings (SSSR count). The van der Waals surface area contributed by atoms with Crippen LogP contribution in [0.2, 0.25) is 0 Å². The van der Waals surface area contributed by atoms with E-state index in [1.807, 2.05) is 0 Å². The largest absolute Gasteiger partial charge is 0.311 e. The fourth-order valence-corrected chi connectivity index (χ4v) is 2.10. The van der Waals surface area contributed by atoms with E-state index in [1.165, 1.54) is 12.1 Å². The molecule has 0 fully saturated rings. The molecule has 2 unspecified atom stereocenters. The van der Waals surface area contributed by atoms with Gasteiger partial charge in [-0.1, -0.05) is 60.7 Å². The smallest absolute Gasteiger partial charge is 0.293 e. The first-order chi connectivity index (χ1) is 11.2. The zero-order chi connectivity index (χ0) is 18.0. The lowest BCUT2D eigenvalue weighted by molar-refractivity contribution is -0.162. The van der Waals surface area contributed by atoms with E-state index in [1.54, 1.807) is 0 Å². The van der Waals surface area contributed by atoms with Gasteiger partial charge in [-0.05, 0) is 0 Å². The molecule has 0 aromatic heterocycles. The van der Waals surface area contributed by atoms with Gasteiger partial charge in [0.15, 0.2) is 0 Å². The zero-order valence-corrected chi connectivity index (χ0v) is 12.1. The second-order valence-electron chi connectivity index (χ2n) is 5.11. The Labute approximate surface area is 133 Å². The molecule has 2 atom stereocenters. The van der Waals surface area contributed by atoms with Crippen LogP contribution in [0.25, 0.3) is 0 Å². The number of Topliss-reactive ketones (excluding diaryl/α,β-unsaturated/α-hetero) is 1. The molecule has 0 aliphatic heterocycles. The van der Waals surface area contributed by atoms with Crippen LogP contribution in [0.5, 0.6) is 0 Å². The third-order valence-electron chi connectivity index (χ3n) is 3.45. The summed E-state index contributed by atoms with van der Waals surface area (Å²) in [7, 11) is 0. The van der Waals surface area contributed by atoms with Gasteiger partial charge >= 0.3 is 11.8 Å². The van der Waals surface area contributed by atoms with Crippen molar-refractivity contribution in [2.45, 2.75) is 24.2 Å². The second-order valence-corrected chi connectivity index (χ2v) is 5.11. The monoisotopic (exact) mass is 346 g/mol. The molecule has 24 heavy (non-hydrogen) atoms. The first kappa shape index (κ1) is 18.0. The summed E-state index contributed by atoms with van der Waals surface area (Å²) in [4.78, 5) is 11.6. The van der Waals surface area contributed by atoms with Crippen molar-refractivity contribution in [2.75, 3.05) is 0 Å². The summed E-state index contributed by atoms with van der Waals surface area (Å²) in [5.74, 6) is -11.3. The number of carbonyl (C=O) groups is 1. The summed E-state index contributed by atoms with van der Waals surface area (Å²) in [5, 5.41) is 0. The molecule has 0 radical (unpaired) electrons. The van der Waals surface area contributed by atoms with Crippen molar-refractivity contribution in [1.82, 2.24) is 0 Å². The van der Waals surface area contributed by atoms with Gasteiger partial charge in [0.1, 0.15) is 0 Å². The van der Waals surface area contributed by atoms with Crippen molar-refractivity contribution in [3.8, 4) is 0 Å². The normalized spacial score (nSPS) is 14.9. The molecule has 7 heteroatoms. The van der Waals surface area contributed by atoms with Crippen molar-refractivity contribution in [3.05, 3.63) is 71.8 Å². The maximum Gasteiger partial charge on any atom is 0.311 e. The average molecular weight is 346 g/mol. The Balaban J connectivity index is 2.27. The van der Waals surface area contributed by atoms with E-state index in [0.29, 0.717) is 0 Å². The van der Waals surface area contributed by atoms with E-state index in [2.05, 4.69) is 0 Å². The van der Waals surface area contributed by atoms with Gasteiger partial charge < -0.3 is 0 Å². The summed E-state index contributed by atoms with van der Waals surface area (Å²) in [6.45, 7) is 0. The van der Waals surface area contributed by atoms with Gasteiger partial charge in [-0.25, -0.2) is 8.78 Å². The first-order valence-corrected chi connectivity index (χ1v) is 6.87. The lowest BCUT2D eigenvalue weighted by Crippen LogP contribution is -2.45. The van der Waals surface area contributed by atoms with E-state index >= 15 is 0 Å². The van der Waals surface area contributed by atoms with E-state index < -0.39 is 41.1 Å². The molecule has 0 aliphatic rings. The average Bonchev–Trinajstić information content (AvgIpc) is 2.61. The Morgan fingerprint density at radius 2 is 0.958 bits per heavy atom. The van der Waals surface area contributed by atoms with E-state index in [9.17, 15) is 31.1 Å². The minimum Gasteiger partial charge on any atom is -0.293 e. The van der Waals surface area contributed by atoms with Crippen LogP contribution in [0.15, 0.2) is 60.7 Å². The van der Waals surface area contributed by atoms with Gasteiger partial charge in [-0.3, -0.25) is 4.79 Å². The summed E-state index contributed by atoms with van der Waals surface area (Å²) in [6.07, 6.45) is -7.46. The molecule has 2 aromatic rings. The van der Waals surface area contributed by atoms with Gasteiger partial charge in [0.2, 0.25) is 18.1 Å². The standard InChI is InChI=1S/C17H12F6O/c18-14(16(20,21)11-7-3-1-4-8-11)13(24)15(19)17(22,23)12-9-5-2-6-10-12/h1-10,14-15H. The minimum atomic E-state index is -4.42. The van der Waals surface area contributed by atoms with Crippen LogP contribution < -0.4 is 0 Å². The zero-order valence-electron chi connectivity index (χ0n) is 12.1. The van der Waals surface area contributed by atoms with Gasteiger partial charge in [0, 0.05) is 11.1 Å². The van der Waals surface area contributed by atoms with Crippen LogP contribution in [-0.2, 0) is 16.6 Å². The van der Waals surface area contributed by atoms with Gasteiger partial charge in [-0.2, -0.15) is 17.6 Å². The number of halogens is 6. The number of benzene rings is 2. The Hall–Kier alpha value is -2.31. The molecule has 1 nitrogen and oxygen atoms in total. The van der Waals surface area contributed by atoms with Crippen LogP contribution >= 0.6 is 0 Å². The second kappa shape index (κ2) is 6.67. The molecule has 128 valence electrons. The van der Waals surface area contributed by atoms with Crippen LogP contribution in [-0.4, -0.2) is 18.1 Å². The predicted octanol–water partition coefficient (Wildman–Crippen LogP) is 4.82. The first-order valence-electron chi connectivity index (χ1n) is 6.87. The van der Waals surface area contributed by atoms with Crippen molar-refractivity contribution >= 4 is 5.78 Å². The maximum absolute atomic E-state index is 13.9. The van der Waals surface area contributed by atoms with Gasteiger partial charge in [0.05, 0.1) is 0 Å². The number of rotatable bonds is 6. The summed E-state index contributed by atoms with van der Waals surface area (Å²) < 4.78 is 83.5. The van der Waals surface area contributed by atoms with Gasteiger partial charge in [0.25, 0.3) is 0 Å². The SMILES string of the molecule is O=C(C(F)C(F)(F)c1ccccc1)C(F)C(F)(F)c1ccccc1. The summed E-state index contributed by atoms with van der Waals surface area (Å²) in [5.41, 5.74) is -1.80. The Morgan fingerprint density at radius 1 is 0.667 bits per heavy atom. The third kappa shape index (κ3) is 3.29. The van der Waals surface area contributed by atoms with Crippen molar-refractivity contribution in [2.24, 2.45) is 0 Å². The van der Waals surface area contributed by atoms with Crippen LogP contribution in [0.1, 0.15) is 11.1 Å². The molecular formula is C17H12F6O. The fraction of sp³-hybridized carbons (Fsp3) is 0.235. The molecule has 0 saturated heterocycles. The molecule has 0 bridgehead atoms. The lowest BCUT2D eigenvalue weighted by Gasteiger charge is -2.25. The molecule has 0 spiro atoms. The lowest BCUT2D eigenvalue weighted by atomic mass is 9.94. The number of ketones is 1. The van der Waals surface area contributed by atoms with Crippen molar-refractivity contribution in [1.29, 1.82) is 0 Å². The number of alkyl halides is 6. The topological polar surface area (TPSA) is 17.1 Å². The molecule has 0 heterocycles. The molecular weight excluding hydrogens is 334 g/mol. The van der Waals surface area contributed by atoms with Crippen LogP contribution in [0.4, 0.5) is 26.3 Å². The maximum atomic E-state index is 13.9. The predicted molar refractivity (Wildman–Crippen MR) is 75.5 cm³/mol. The Kier molecular flexibility index (Phi) is 5.01. The number of hydrogen-bond donors (Lipinski definition) is 0. The minimum absolute atomic E-state index is 0.822. The highest BCUT2D eigenvalue weighted by atomic mass is 19.3.